The van der Waals surface area contributed by atoms with E-state index in [0.29, 0.717) is 11.3 Å². The standard InChI is InChI=1S/C10H10BrNO3/c1-6(13)8-3-2-7(11)4-9(8)15-5-10(12)14/h2-4H,5H2,1H3,(H2,12,14). The van der Waals surface area contributed by atoms with Gasteiger partial charge in [-0.1, -0.05) is 15.9 Å². The van der Waals surface area contributed by atoms with Crippen molar-refractivity contribution in [3.05, 3.63) is 28.2 Å². The topological polar surface area (TPSA) is 69.4 Å². The molecule has 0 unspecified atom stereocenters. The van der Waals surface area contributed by atoms with E-state index in [1.54, 1.807) is 18.2 Å². The molecule has 0 atom stereocenters. The molecular formula is C10H10BrNO3. The highest BCUT2D eigenvalue weighted by Gasteiger charge is 2.09. The van der Waals surface area contributed by atoms with Crippen LogP contribution in [0.3, 0.4) is 0 Å². The number of carbonyl (C=O) groups excluding carboxylic acids is 2. The molecule has 1 aromatic rings. The third-order valence-corrected chi connectivity index (χ3v) is 2.19. The van der Waals surface area contributed by atoms with Gasteiger partial charge in [-0.05, 0) is 25.1 Å². The number of ether oxygens (including phenoxy) is 1. The molecule has 0 bridgehead atoms. The average Bonchev–Trinajstić information content (AvgIpc) is 2.14. The second-order valence-electron chi connectivity index (χ2n) is 2.95. The van der Waals surface area contributed by atoms with Crippen LogP contribution in [0, 0.1) is 0 Å². The van der Waals surface area contributed by atoms with E-state index >= 15 is 0 Å². The van der Waals surface area contributed by atoms with Crippen molar-refractivity contribution in [1.82, 2.24) is 0 Å². The quantitative estimate of drug-likeness (QED) is 0.845. The van der Waals surface area contributed by atoms with Gasteiger partial charge < -0.3 is 10.5 Å². The molecule has 0 aromatic heterocycles. The van der Waals surface area contributed by atoms with Gasteiger partial charge >= 0.3 is 0 Å². The lowest BCUT2D eigenvalue weighted by Crippen LogP contribution is -2.20. The van der Waals surface area contributed by atoms with Crippen molar-refractivity contribution in [3.8, 4) is 5.75 Å². The lowest BCUT2D eigenvalue weighted by molar-refractivity contribution is -0.119. The van der Waals surface area contributed by atoms with Gasteiger partial charge in [0.25, 0.3) is 5.91 Å². The van der Waals surface area contributed by atoms with Crippen molar-refractivity contribution < 1.29 is 14.3 Å². The Labute approximate surface area is 95.5 Å². The fraction of sp³-hybridized carbons (Fsp3) is 0.200. The second-order valence-corrected chi connectivity index (χ2v) is 3.87. The maximum absolute atomic E-state index is 11.2. The molecule has 2 N–H and O–H groups in total. The number of halogens is 1. The Bertz CT molecular complexity index is 404. The van der Waals surface area contributed by atoms with Crippen LogP contribution < -0.4 is 10.5 Å². The van der Waals surface area contributed by atoms with Gasteiger partial charge in [0.15, 0.2) is 12.4 Å². The van der Waals surface area contributed by atoms with E-state index in [4.69, 9.17) is 10.5 Å². The minimum atomic E-state index is -0.579. The molecule has 80 valence electrons. The van der Waals surface area contributed by atoms with Gasteiger partial charge in [-0.25, -0.2) is 0 Å². The van der Waals surface area contributed by atoms with Crippen LogP contribution in [0.2, 0.25) is 0 Å². The number of amides is 1. The first kappa shape index (κ1) is 11.7. The molecule has 4 nitrogen and oxygen atoms in total. The minimum Gasteiger partial charge on any atom is -0.483 e. The number of hydrogen-bond acceptors (Lipinski definition) is 3. The molecule has 0 radical (unpaired) electrons. The van der Waals surface area contributed by atoms with Crippen LogP contribution in [-0.2, 0) is 4.79 Å². The maximum Gasteiger partial charge on any atom is 0.255 e. The molecule has 0 heterocycles. The van der Waals surface area contributed by atoms with E-state index < -0.39 is 5.91 Å². The smallest absolute Gasteiger partial charge is 0.255 e. The van der Waals surface area contributed by atoms with Crippen molar-refractivity contribution >= 4 is 27.6 Å². The molecule has 0 saturated heterocycles. The highest BCUT2D eigenvalue weighted by Crippen LogP contribution is 2.24. The fourth-order valence-corrected chi connectivity index (χ4v) is 1.40. The molecule has 0 fully saturated rings. The Morgan fingerprint density at radius 3 is 2.67 bits per heavy atom. The molecular weight excluding hydrogens is 262 g/mol. The number of hydrogen-bond donors (Lipinski definition) is 1. The summed E-state index contributed by atoms with van der Waals surface area (Å²) >= 11 is 3.24. The first-order valence-corrected chi connectivity index (χ1v) is 5.01. The van der Waals surface area contributed by atoms with Crippen LogP contribution in [-0.4, -0.2) is 18.3 Å². The van der Waals surface area contributed by atoms with Crippen LogP contribution >= 0.6 is 15.9 Å². The molecule has 5 heteroatoms. The molecule has 0 saturated carbocycles. The number of rotatable bonds is 4. The third kappa shape index (κ3) is 3.36. The molecule has 1 amide bonds. The summed E-state index contributed by atoms with van der Waals surface area (Å²) in [4.78, 5) is 21.7. The van der Waals surface area contributed by atoms with Gasteiger partial charge in [-0.2, -0.15) is 0 Å². The zero-order chi connectivity index (χ0) is 11.4. The Kier molecular flexibility index (Phi) is 3.85. The van der Waals surface area contributed by atoms with Gasteiger partial charge in [-0.15, -0.1) is 0 Å². The van der Waals surface area contributed by atoms with Gasteiger partial charge in [0.2, 0.25) is 0 Å². The normalized spacial score (nSPS) is 9.73. The summed E-state index contributed by atoms with van der Waals surface area (Å²) < 4.78 is 5.89. The Morgan fingerprint density at radius 1 is 1.47 bits per heavy atom. The average molecular weight is 272 g/mol. The lowest BCUT2D eigenvalue weighted by atomic mass is 10.1. The van der Waals surface area contributed by atoms with E-state index in [9.17, 15) is 9.59 Å². The number of ketones is 1. The Balaban J connectivity index is 2.96. The highest BCUT2D eigenvalue weighted by atomic mass is 79.9. The van der Waals surface area contributed by atoms with Gasteiger partial charge in [0.05, 0.1) is 5.56 Å². The predicted octanol–water partition coefficient (Wildman–Crippen LogP) is 1.52. The fourth-order valence-electron chi connectivity index (χ4n) is 1.06. The van der Waals surface area contributed by atoms with Crippen molar-refractivity contribution in [3.63, 3.8) is 0 Å². The number of primary amides is 1. The lowest BCUT2D eigenvalue weighted by Gasteiger charge is -2.08. The van der Waals surface area contributed by atoms with Crippen molar-refractivity contribution in [1.29, 1.82) is 0 Å². The van der Waals surface area contributed by atoms with E-state index in [-0.39, 0.29) is 12.4 Å². The largest absolute Gasteiger partial charge is 0.483 e. The van der Waals surface area contributed by atoms with Gasteiger partial charge in [0, 0.05) is 4.47 Å². The van der Waals surface area contributed by atoms with E-state index in [1.165, 1.54) is 6.92 Å². The van der Waals surface area contributed by atoms with Crippen LogP contribution in [0.25, 0.3) is 0 Å². The molecule has 0 aliphatic carbocycles. The van der Waals surface area contributed by atoms with Gasteiger partial charge in [0.1, 0.15) is 5.75 Å². The molecule has 0 aliphatic rings. The number of benzene rings is 1. The minimum absolute atomic E-state index is 0.123. The number of Topliss-reactive ketones (excluding diaryl/α,β-unsaturated/α-hetero) is 1. The summed E-state index contributed by atoms with van der Waals surface area (Å²) in [5.74, 6) is -0.345. The summed E-state index contributed by atoms with van der Waals surface area (Å²) in [5.41, 5.74) is 5.37. The molecule has 1 aromatic carbocycles. The van der Waals surface area contributed by atoms with E-state index in [0.717, 1.165) is 4.47 Å². The van der Waals surface area contributed by atoms with Gasteiger partial charge in [-0.3, -0.25) is 9.59 Å². The Morgan fingerprint density at radius 2 is 2.13 bits per heavy atom. The van der Waals surface area contributed by atoms with E-state index in [1.807, 2.05) is 0 Å². The van der Waals surface area contributed by atoms with Crippen molar-refractivity contribution in [2.24, 2.45) is 5.73 Å². The SMILES string of the molecule is CC(=O)c1ccc(Br)cc1OCC(N)=O. The van der Waals surface area contributed by atoms with Crippen LogP contribution in [0.5, 0.6) is 5.75 Å². The predicted molar refractivity (Wildman–Crippen MR) is 58.8 cm³/mol. The monoisotopic (exact) mass is 271 g/mol. The number of carbonyl (C=O) groups is 2. The summed E-state index contributed by atoms with van der Waals surface area (Å²) in [6.45, 7) is 1.19. The van der Waals surface area contributed by atoms with Crippen molar-refractivity contribution in [2.75, 3.05) is 6.61 Å². The first-order valence-electron chi connectivity index (χ1n) is 4.22. The third-order valence-electron chi connectivity index (χ3n) is 1.69. The van der Waals surface area contributed by atoms with E-state index in [2.05, 4.69) is 15.9 Å². The van der Waals surface area contributed by atoms with Crippen LogP contribution in [0.1, 0.15) is 17.3 Å². The highest BCUT2D eigenvalue weighted by molar-refractivity contribution is 9.10. The zero-order valence-electron chi connectivity index (χ0n) is 8.12. The molecule has 0 spiro atoms. The van der Waals surface area contributed by atoms with Crippen LogP contribution in [0.15, 0.2) is 22.7 Å². The van der Waals surface area contributed by atoms with Crippen LogP contribution in [0.4, 0.5) is 0 Å². The zero-order valence-corrected chi connectivity index (χ0v) is 9.71. The second kappa shape index (κ2) is 4.93. The number of nitrogens with two attached hydrogens (primary N) is 1. The molecule has 1 rings (SSSR count). The summed E-state index contributed by atoms with van der Waals surface area (Å²) in [7, 11) is 0. The van der Waals surface area contributed by atoms with Crippen molar-refractivity contribution in [2.45, 2.75) is 6.92 Å². The Hall–Kier alpha value is -1.36. The first-order chi connectivity index (χ1) is 7.00. The maximum atomic E-state index is 11.2. The summed E-state index contributed by atoms with van der Waals surface area (Å²) in [6.07, 6.45) is 0. The molecule has 0 aliphatic heterocycles. The summed E-state index contributed by atoms with van der Waals surface area (Å²) in [6, 6.07) is 4.98. The molecule has 15 heavy (non-hydrogen) atoms. The summed E-state index contributed by atoms with van der Waals surface area (Å²) in [5, 5.41) is 0.